The summed E-state index contributed by atoms with van der Waals surface area (Å²) in [6, 6.07) is 5.24. The Hall–Kier alpha value is -1.09. The molecule has 13 heavy (non-hydrogen) atoms. The zero-order valence-electron chi connectivity index (χ0n) is 8.16. The van der Waals surface area contributed by atoms with Crippen LogP contribution in [0.3, 0.4) is 0 Å². The fraction of sp³-hybridized carbons (Fsp3) is 0.500. The summed E-state index contributed by atoms with van der Waals surface area (Å²) in [5.74, 6) is 0.477. The van der Waals surface area contributed by atoms with Crippen molar-refractivity contribution in [3.05, 3.63) is 34.7 Å². The maximum absolute atomic E-state index is 11.3. The number of nitrogens with one attached hydrogen (secondary N) is 1. The van der Waals surface area contributed by atoms with E-state index >= 15 is 0 Å². The molecule has 0 saturated heterocycles. The van der Waals surface area contributed by atoms with Gasteiger partial charge in [-0.25, -0.2) is 0 Å². The third kappa shape index (κ3) is 3.03. The SMILES string of the molecule is CNCC(C)Cn1ccccc1=O. The van der Waals surface area contributed by atoms with Crippen LogP contribution in [-0.4, -0.2) is 18.2 Å². The van der Waals surface area contributed by atoms with Gasteiger partial charge in [-0.3, -0.25) is 4.79 Å². The van der Waals surface area contributed by atoms with E-state index in [1.54, 1.807) is 16.7 Å². The highest BCUT2D eigenvalue weighted by Crippen LogP contribution is 1.95. The van der Waals surface area contributed by atoms with Crippen LogP contribution in [0.1, 0.15) is 6.92 Å². The van der Waals surface area contributed by atoms with Crippen LogP contribution in [0.2, 0.25) is 0 Å². The molecule has 1 aromatic heterocycles. The summed E-state index contributed by atoms with van der Waals surface area (Å²) in [4.78, 5) is 11.3. The van der Waals surface area contributed by atoms with Crippen LogP contribution >= 0.6 is 0 Å². The molecule has 0 radical (unpaired) electrons. The molecule has 3 nitrogen and oxygen atoms in total. The van der Waals surface area contributed by atoms with Crippen LogP contribution in [0.15, 0.2) is 29.2 Å². The second-order valence-electron chi connectivity index (χ2n) is 3.35. The molecule has 0 fully saturated rings. The van der Waals surface area contributed by atoms with E-state index in [0.29, 0.717) is 5.92 Å². The highest BCUT2D eigenvalue weighted by Gasteiger charge is 2.01. The Morgan fingerprint density at radius 3 is 2.92 bits per heavy atom. The lowest BCUT2D eigenvalue weighted by Crippen LogP contribution is -2.26. The molecule has 1 unspecified atom stereocenters. The van der Waals surface area contributed by atoms with Crippen molar-refractivity contribution < 1.29 is 0 Å². The smallest absolute Gasteiger partial charge is 0.250 e. The van der Waals surface area contributed by atoms with Gasteiger partial charge in [-0.2, -0.15) is 0 Å². The maximum atomic E-state index is 11.3. The van der Waals surface area contributed by atoms with Crippen molar-refractivity contribution in [1.29, 1.82) is 0 Å². The number of pyridine rings is 1. The Balaban J connectivity index is 2.63. The monoisotopic (exact) mass is 180 g/mol. The number of nitrogens with zero attached hydrogens (tertiary/aromatic N) is 1. The molecule has 1 heterocycles. The van der Waals surface area contributed by atoms with Gasteiger partial charge >= 0.3 is 0 Å². The van der Waals surface area contributed by atoms with Crippen molar-refractivity contribution in [2.45, 2.75) is 13.5 Å². The van der Waals surface area contributed by atoms with Crippen LogP contribution in [-0.2, 0) is 6.54 Å². The highest BCUT2D eigenvalue weighted by atomic mass is 16.1. The summed E-state index contributed by atoms with van der Waals surface area (Å²) < 4.78 is 1.74. The van der Waals surface area contributed by atoms with Gasteiger partial charge in [-0.05, 0) is 25.6 Å². The van der Waals surface area contributed by atoms with Gasteiger partial charge in [0.2, 0.25) is 0 Å². The molecule has 0 aliphatic rings. The van der Waals surface area contributed by atoms with Crippen LogP contribution in [0.5, 0.6) is 0 Å². The molecular formula is C10H16N2O. The Labute approximate surface area is 78.4 Å². The second-order valence-corrected chi connectivity index (χ2v) is 3.35. The van der Waals surface area contributed by atoms with E-state index in [4.69, 9.17) is 0 Å². The van der Waals surface area contributed by atoms with Gasteiger partial charge in [0.1, 0.15) is 0 Å². The zero-order valence-corrected chi connectivity index (χ0v) is 8.16. The molecule has 1 aromatic rings. The summed E-state index contributed by atoms with van der Waals surface area (Å²) in [6.07, 6.45) is 1.83. The first kappa shape index (κ1) is 9.99. The van der Waals surface area contributed by atoms with E-state index in [9.17, 15) is 4.79 Å². The predicted molar refractivity (Wildman–Crippen MR) is 53.8 cm³/mol. The van der Waals surface area contributed by atoms with Crippen LogP contribution in [0, 0.1) is 5.92 Å². The standard InChI is InChI=1S/C10H16N2O/c1-9(7-11-2)8-12-6-4-3-5-10(12)13/h3-6,9,11H,7-8H2,1-2H3. The fourth-order valence-electron chi connectivity index (χ4n) is 1.36. The first-order valence-electron chi connectivity index (χ1n) is 4.54. The van der Waals surface area contributed by atoms with Gasteiger partial charge in [0, 0.05) is 18.8 Å². The van der Waals surface area contributed by atoms with E-state index in [1.807, 2.05) is 19.3 Å². The Morgan fingerprint density at radius 2 is 2.31 bits per heavy atom. The lowest BCUT2D eigenvalue weighted by Gasteiger charge is -2.11. The summed E-state index contributed by atoms with van der Waals surface area (Å²) in [7, 11) is 1.92. The van der Waals surface area contributed by atoms with Crippen molar-refractivity contribution in [1.82, 2.24) is 9.88 Å². The quantitative estimate of drug-likeness (QED) is 0.740. The van der Waals surface area contributed by atoms with Crippen LogP contribution < -0.4 is 10.9 Å². The molecule has 0 aliphatic heterocycles. The number of hydrogen-bond acceptors (Lipinski definition) is 2. The van der Waals surface area contributed by atoms with Gasteiger partial charge in [-0.15, -0.1) is 0 Å². The minimum atomic E-state index is 0.0745. The van der Waals surface area contributed by atoms with Crippen molar-refractivity contribution in [2.75, 3.05) is 13.6 Å². The average Bonchev–Trinajstić information content (AvgIpc) is 2.09. The van der Waals surface area contributed by atoms with Crippen molar-refractivity contribution in [3.63, 3.8) is 0 Å². The lowest BCUT2D eigenvalue weighted by molar-refractivity contribution is 0.454. The minimum Gasteiger partial charge on any atom is -0.319 e. The predicted octanol–water partition coefficient (Wildman–Crippen LogP) is 0.704. The average molecular weight is 180 g/mol. The van der Waals surface area contributed by atoms with E-state index in [2.05, 4.69) is 12.2 Å². The molecule has 1 N–H and O–H groups in total. The van der Waals surface area contributed by atoms with E-state index < -0.39 is 0 Å². The van der Waals surface area contributed by atoms with E-state index in [0.717, 1.165) is 13.1 Å². The molecule has 0 amide bonds. The normalized spacial score (nSPS) is 12.8. The maximum Gasteiger partial charge on any atom is 0.250 e. The highest BCUT2D eigenvalue weighted by molar-refractivity contribution is 4.93. The molecule has 0 spiro atoms. The van der Waals surface area contributed by atoms with Crippen molar-refractivity contribution in [3.8, 4) is 0 Å². The molecule has 0 aliphatic carbocycles. The van der Waals surface area contributed by atoms with Gasteiger partial charge in [0.15, 0.2) is 0 Å². The molecular weight excluding hydrogens is 164 g/mol. The van der Waals surface area contributed by atoms with Crippen molar-refractivity contribution in [2.24, 2.45) is 5.92 Å². The van der Waals surface area contributed by atoms with E-state index in [1.165, 1.54) is 0 Å². The lowest BCUT2D eigenvalue weighted by atomic mass is 10.2. The van der Waals surface area contributed by atoms with Gasteiger partial charge in [0.25, 0.3) is 5.56 Å². The largest absolute Gasteiger partial charge is 0.319 e. The van der Waals surface area contributed by atoms with E-state index in [-0.39, 0.29) is 5.56 Å². The molecule has 3 heteroatoms. The molecule has 0 saturated carbocycles. The topological polar surface area (TPSA) is 34.0 Å². The number of hydrogen-bond donors (Lipinski definition) is 1. The zero-order chi connectivity index (χ0) is 9.68. The molecule has 1 atom stereocenters. The molecule has 0 bridgehead atoms. The summed E-state index contributed by atoms with van der Waals surface area (Å²) in [5.41, 5.74) is 0.0745. The summed E-state index contributed by atoms with van der Waals surface area (Å²) >= 11 is 0. The third-order valence-electron chi connectivity index (χ3n) is 1.96. The Morgan fingerprint density at radius 1 is 1.54 bits per heavy atom. The second kappa shape index (κ2) is 4.82. The first-order valence-corrected chi connectivity index (χ1v) is 4.54. The Kier molecular flexibility index (Phi) is 3.71. The molecule has 1 rings (SSSR count). The summed E-state index contributed by atoms with van der Waals surface area (Å²) in [5, 5.41) is 3.09. The minimum absolute atomic E-state index is 0.0745. The van der Waals surface area contributed by atoms with Crippen molar-refractivity contribution >= 4 is 0 Å². The van der Waals surface area contributed by atoms with Crippen LogP contribution in [0.25, 0.3) is 0 Å². The first-order chi connectivity index (χ1) is 6.24. The third-order valence-corrected chi connectivity index (χ3v) is 1.96. The molecule has 72 valence electrons. The van der Waals surface area contributed by atoms with Gasteiger partial charge in [-0.1, -0.05) is 13.0 Å². The van der Waals surface area contributed by atoms with Gasteiger partial charge in [0.05, 0.1) is 0 Å². The van der Waals surface area contributed by atoms with Crippen LogP contribution in [0.4, 0.5) is 0 Å². The Bertz CT molecular complexity index is 306. The number of aromatic nitrogens is 1. The molecule has 0 aromatic carbocycles. The number of rotatable bonds is 4. The van der Waals surface area contributed by atoms with Gasteiger partial charge < -0.3 is 9.88 Å². The fourth-order valence-corrected chi connectivity index (χ4v) is 1.36. The summed E-state index contributed by atoms with van der Waals surface area (Å²) in [6.45, 7) is 3.83.